The van der Waals surface area contributed by atoms with Gasteiger partial charge in [-0.25, -0.2) is 4.79 Å². The van der Waals surface area contributed by atoms with E-state index in [9.17, 15) is 14.7 Å². The SMILES string of the molecule is CCOc1ccc(N2C(=O)Nc3ccccc3[C@@]2(O)C(=O)N[C@@H]2CCCC[C@@H]2C)cc1. The molecule has 0 radical (unpaired) electrons. The Labute approximate surface area is 182 Å². The second-order valence-electron chi connectivity index (χ2n) is 8.25. The first-order chi connectivity index (χ1) is 14.9. The number of urea groups is 1. The number of nitrogens with one attached hydrogen (secondary N) is 2. The normalized spacial score (nSPS) is 25.4. The lowest BCUT2D eigenvalue weighted by Gasteiger charge is -2.44. The van der Waals surface area contributed by atoms with Crippen molar-refractivity contribution in [2.24, 2.45) is 5.92 Å². The quantitative estimate of drug-likeness (QED) is 0.679. The highest BCUT2D eigenvalue weighted by molar-refractivity contribution is 6.11. The largest absolute Gasteiger partial charge is 0.494 e. The van der Waals surface area contributed by atoms with E-state index in [1.54, 1.807) is 48.5 Å². The molecule has 0 spiro atoms. The highest BCUT2D eigenvalue weighted by Crippen LogP contribution is 2.40. The number of rotatable bonds is 5. The topological polar surface area (TPSA) is 90.9 Å². The Morgan fingerprint density at radius 3 is 2.61 bits per heavy atom. The van der Waals surface area contributed by atoms with E-state index >= 15 is 0 Å². The monoisotopic (exact) mass is 423 g/mol. The van der Waals surface area contributed by atoms with Gasteiger partial charge in [0.15, 0.2) is 0 Å². The fraction of sp³-hybridized carbons (Fsp3) is 0.417. The van der Waals surface area contributed by atoms with E-state index in [1.807, 2.05) is 6.92 Å². The molecule has 7 nitrogen and oxygen atoms in total. The van der Waals surface area contributed by atoms with Gasteiger partial charge in [0.05, 0.1) is 12.3 Å². The Hall–Kier alpha value is -3.06. The zero-order valence-electron chi connectivity index (χ0n) is 17.9. The molecular formula is C24H29N3O4. The Morgan fingerprint density at radius 1 is 1.19 bits per heavy atom. The molecule has 1 fully saturated rings. The zero-order valence-corrected chi connectivity index (χ0v) is 17.9. The van der Waals surface area contributed by atoms with Crippen LogP contribution in [-0.4, -0.2) is 29.7 Å². The van der Waals surface area contributed by atoms with E-state index < -0.39 is 17.7 Å². The highest BCUT2D eigenvalue weighted by Gasteiger charge is 2.52. The molecule has 3 N–H and O–H groups in total. The molecule has 1 aliphatic carbocycles. The van der Waals surface area contributed by atoms with Crippen molar-refractivity contribution >= 4 is 23.3 Å². The summed E-state index contributed by atoms with van der Waals surface area (Å²) in [7, 11) is 0. The number of aliphatic hydroxyl groups is 1. The average molecular weight is 424 g/mol. The summed E-state index contributed by atoms with van der Waals surface area (Å²) in [4.78, 5) is 27.8. The molecule has 3 amide bonds. The van der Waals surface area contributed by atoms with E-state index in [2.05, 4.69) is 17.6 Å². The van der Waals surface area contributed by atoms with Crippen LogP contribution in [0.2, 0.25) is 0 Å². The van der Waals surface area contributed by atoms with Crippen molar-refractivity contribution in [1.29, 1.82) is 0 Å². The summed E-state index contributed by atoms with van der Waals surface area (Å²) >= 11 is 0. The van der Waals surface area contributed by atoms with Crippen LogP contribution in [-0.2, 0) is 10.5 Å². The highest BCUT2D eigenvalue weighted by atomic mass is 16.5. The number of hydrogen-bond acceptors (Lipinski definition) is 4. The van der Waals surface area contributed by atoms with Crippen LogP contribution in [0.5, 0.6) is 5.75 Å². The van der Waals surface area contributed by atoms with Crippen molar-refractivity contribution in [3.05, 3.63) is 54.1 Å². The van der Waals surface area contributed by atoms with Gasteiger partial charge in [0.1, 0.15) is 5.75 Å². The summed E-state index contributed by atoms with van der Waals surface area (Å²) in [5, 5.41) is 17.7. The minimum atomic E-state index is -2.18. The van der Waals surface area contributed by atoms with E-state index in [4.69, 9.17) is 4.74 Å². The number of carbonyl (C=O) groups excluding carboxylic acids is 2. The van der Waals surface area contributed by atoms with Crippen LogP contribution in [0.3, 0.4) is 0 Å². The second-order valence-corrected chi connectivity index (χ2v) is 8.25. The van der Waals surface area contributed by atoms with Crippen molar-refractivity contribution < 1.29 is 19.4 Å². The van der Waals surface area contributed by atoms with Crippen molar-refractivity contribution in [3.8, 4) is 5.75 Å². The van der Waals surface area contributed by atoms with E-state index in [1.165, 1.54) is 0 Å². The van der Waals surface area contributed by atoms with E-state index in [0.717, 1.165) is 30.6 Å². The summed E-state index contributed by atoms with van der Waals surface area (Å²) in [6.45, 7) is 4.51. The average Bonchev–Trinajstić information content (AvgIpc) is 2.76. The molecule has 31 heavy (non-hydrogen) atoms. The lowest BCUT2D eigenvalue weighted by molar-refractivity contribution is -0.141. The van der Waals surface area contributed by atoms with Gasteiger partial charge in [-0.1, -0.05) is 38.0 Å². The molecule has 1 heterocycles. The fourth-order valence-corrected chi connectivity index (χ4v) is 4.52. The van der Waals surface area contributed by atoms with Crippen molar-refractivity contribution in [1.82, 2.24) is 5.32 Å². The number of carbonyl (C=O) groups is 2. The molecule has 1 aliphatic heterocycles. The third kappa shape index (κ3) is 3.85. The van der Waals surface area contributed by atoms with Crippen LogP contribution < -0.4 is 20.3 Å². The number of hydrogen-bond donors (Lipinski definition) is 3. The van der Waals surface area contributed by atoms with Crippen LogP contribution in [0.1, 0.15) is 45.1 Å². The zero-order chi connectivity index (χ0) is 22.0. The molecule has 2 aliphatic rings. The molecule has 0 saturated heterocycles. The Morgan fingerprint density at radius 2 is 1.90 bits per heavy atom. The van der Waals surface area contributed by atoms with Crippen molar-refractivity contribution in [2.75, 3.05) is 16.8 Å². The predicted molar refractivity (Wildman–Crippen MR) is 119 cm³/mol. The smallest absolute Gasteiger partial charge is 0.329 e. The molecule has 7 heteroatoms. The maximum absolute atomic E-state index is 13.6. The van der Waals surface area contributed by atoms with Crippen molar-refractivity contribution in [3.63, 3.8) is 0 Å². The van der Waals surface area contributed by atoms with Gasteiger partial charge in [-0.05, 0) is 56.0 Å². The summed E-state index contributed by atoms with van der Waals surface area (Å²) in [5.41, 5.74) is -1.03. The minimum Gasteiger partial charge on any atom is -0.494 e. The van der Waals surface area contributed by atoms with E-state index in [0.29, 0.717) is 35.2 Å². The molecule has 0 bridgehead atoms. The number of benzene rings is 2. The molecular weight excluding hydrogens is 394 g/mol. The van der Waals surface area contributed by atoms with Gasteiger partial charge in [-0.3, -0.25) is 9.69 Å². The summed E-state index contributed by atoms with van der Waals surface area (Å²) in [6.07, 6.45) is 4.07. The molecule has 164 valence electrons. The third-order valence-electron chi connectivity index (χ3n) is 6.22. The molecule has 2 aromatic carbocycles. The Bertz CT molecular complexity index is 962. The maximum atomic E-state index is 13.6. The van der Waals surface area contributed by atoms with Crippen LogP contribution in [0.25, 0.3) is 0 Å². The van der Waals surface area contributed by atoms with Gasteiger partial charge in [-0.15, -0.1) is 0 Å². The van der Waals surface area contributed by atoms with Gasteiger partial charge in [-0.2, -0.15) is 0 Å². The van der Waals surface area contributed by atoms with Gasteiger partial charge >= 0.3 is 6.03 Å². The number of para-hydroxylation sites is 1. The summed E-state index contributed by atoms with van der Waals surface area (Å²) < 4.78 is 5.48. The summed E-state index contributed by atoms with van der Waals surface area (Å²) in [6, 6.07) is 13.0. The van der Waals surface area contributed by atoms with Crippen LogP contribution >= 0.6 is 0 Å². The lowest BCUT2D eigenvalue weighted by atomic mass is 9.85. The van der Waals surface area contributed by atoms with Gasteiger partial charge in [0, 0.05) is 17.3 Å². The first kappa shape index (κ1) is 21.2. The number of amides is 3. The number of anilines is 2. The molecule has 4 rings (SSSR count). The van der Waals surface area contributed by atoms with Crippen LogP contribution in [0, 0.1) is 5.92 Å². The van der Waals surface area contributed by atoms with Crippen LogP contribution in [0.4, 0.5) is 16.2 Å². The molecule has 3 atom stereocenters. The van der Waals surface area contributed by atoms with Gasteiger partial charge < -0.3 is 20.5 Å². The Balaban J connectivity index is 1.75. The van der Waals surface area contributed by atoms with Gasteiger partial charge in [0.2, 0.25) is 0 Å². The molecule has 0 aromatic heterocycles. The molecule has 2 aromatic rings. The number of nitrogens with zero attached hydrogens (tertiary/aromatic N) is 1. The maximum Gasteiger partial charge on any atom is 0.329 e. The first-order valence-electron chi connectivity index (χ1n) is 10.9. The van der Waals surface area contributed by atoms with Crippen LogP contribution in [0.15, 0.2) is 48.5 Å². The summed E-state index contributed by atoms with van der Waals surface area (Å²) in [5.74, 6) is 0.364. The predicted octanol–water partition coefficient (Wildman–Crippen LogP) is 3.98. The molecule has 0 unspecified atom stereocenters. The third-order valence-corrected chi connectivity index (χ3v) is 6.22. The molecule has 1 saturated carbocycles. The van der Waals surface area contributed by atoms with Crippen molar-refractivity contribution in [2.45, 2.75) is 51.3 Å². The number of fused-ring (bicyclic) bond motifs is 1. The second kappa shape index (κ2) is 8.59. The Kier molecular flexibility index (Phi) is 5.87. The lowest BCUT2D eigenvalue weighted by Crippen LogP contribution is -2.64. The minimum absolute atomic E-state index is 0.0374. The standard InChI is InChI=1S/C24H29N3O4/c1-3-31-18-14-12-17(13-15-18)27-23(29)26-21-11-7-5-9-19(21)24(27,30)22(28)25-20-10-6-4-8-16(20)2/h5,7,9,11-16,20,30H,3-4,6,8,10H2,1-2H3,(H,25,28)(H,26,29)/t16-,20+,24+/m0/s1. The van der Waals surface area contributed by atoms with Gasteiger partial charge in [0.25, 0.3) is 11.6 Å². The van der Waals surface area contributed by atoms with E-state index in [-0.39, 0.29) is 6.04 Å². The first-order valence-corrected chi connectivity index (χ1v) is 10.9. The number of ether oxygens (including phenoxy) is 1. The fourth-order valence-electron chi connectivity index (χ4n) is 4.52.